The van der Waals surface area contributed by atoms with Gasteiger partial charge in [-0.1, -0.05) is 24.3 Å². The smallest absolute Gasteiger partial charge is 0.370 e. The maximum atomic E-state index is 12.4. The lowest BCUT2D eigenvalue weighted by atomic mass is 10.0. The second-order valence-electron chi connectivity index (χ2n) is 6.43. The van der Waals surface area contributed by atoms with E-state index in [0.717, 1.165) is 18.2 Å². The Kier molecular flexibility index (Phi) is 9.48. The number of carbonyl (C=O) groups excluding carboxylic acids is 1. The minimum atomic E-state index is -4.42. The van der Waals surface area contributed by atoms with Crippen molar-refractivity contribution in [2.75, 3.05) is 46.9 Å². The monoisotopic (exact) mass is 514 g/mol. The van der Waals surface area contributed by atoms with E-state index in [9.17, 15) is 18.0 Å². The molecule has 1 aromatic rings. The van der Waals surface area contributed by atoms with Gasteiger partial charge >= 0.3 is 6.18 Å². The first kappa shape index (κ1) is 24.5. The molecular formula is C18H26F3IN4O2. The Morgan fingerprint density at radius 2 is 2.07 bits per heavy atom. The summed E-state index contributed by atoms with van der Waals surface area (Å²) in [5.74, 6) is -0.192. The van der Waals surface area contributed by atoms with E-state index in [-0.39, 0.29) is 36.6 Å². The Morgan fingerprint density at radius 1 is 1.39 bits per heavy atom. The number of nitrogens with zero attached hydrogens (tertiary/aromatic N) is 3. The number of morpholine rings is 1. The number of benzene rings is 1. The molecule has 0 saturated carbocycles. The summed E-state index contributed by atoms with van der Waals surface area (Å²) in [5, 5.41) is 2.85. The minimum absolute atomic E-state index is 0. The zero-order valence-corrected chi connectivity index (χ0v) is 18.5. The molecule has 158 valence electrons. The van der Waals surface area contributed by atoms with E-state index < -0.39 is 18.6 Å². The van der Waals surface area contributed by atoms with Crippen molar-refractivity contribution < 1.29 is 22.7 Å². The molecule has 1 aliphatic rings. The van der Waals surface area contributed by atoms with E-state index in [1.54, 1.807) is 7.05 Å². The van der Waals surface area contributed by atoms with Crippen LogP contribution in [0.15, 0.2) is 29.3 Å². The van der Waals surface area contributed by atoms with Gasteiger partial charge in [0.2, 0.25) is 5.91 Å². The van der Waals surface area contributed by atoms with Gasteiger partial charge in [-0.15, -0.1) is 24.0 Å². The van der Waals surface area contributed by atoms with E-state index in [0.29, 0.717) is 30.6 Å². The van der Waals surface area contributed by atoms with Crippen molar-refractivity contribution in [3.8, 4) is 0 Å². The Hall–Kier alpha value is -1.56. The van der Waals surface area contributed by atoms with Gasteiger partial charge in [0.05, 0.1) is 19.7 Å². The SMILES string of the molecule is CN=C(NCC(=O)N(C)CC(F)(F)F)N1CCOC(c2ccccc2C)C1.I. The van der Waals surface area contributed by atoms with E-state index in [2.05, 4.69) is 10.3 Å². The third-order valence-corrected chi connectivity index (χ3v) is 4.35. The first-order valence-electron chi connectivity index (χ1n) is 8.64. The topological polar surface area (TPSA) is 57.2 Å². The normalized spacial score (nSPS) is 17.7. The van der Waals surface area contributed by atoms with Gasteiger partial charge in [0.25, 0.3) is 0 Å². The molecular weight excluding hydrogens is 488 g/mol. The molecule has 0 bridgehead atoms. The average Bonchev–Trinajstić information content (AvgIpc) is 2.61. The van der Waals surface area contributed by atoms with Crippen molar-refractivity contribution in [1.82, 2.24) is 15.1 Å². The Bertz CT molecular complexity index is 685. The zero-order chi connectivity index (χ0) is 20.0. The summed E-state index contributed by atoms with van der Waals surface area (Å²) in [6, 6.07) is 7.94. The lowest BCUT2D eigenvalue weighted by molar-refractivity contribution is -0.157. The molecule has 28 heavy (non-hydrogen) atoms. The van der Waals surface area contributed by atoms with Gasteiger partial charge in [-0.2, -0.15) is 13.2 Å². The van der Waals surface area contributed by atoms with Crippen LogP contribution < -0.4 is 5.32 Å². The number of rotatable bonds is 4. The third-order valence-electron chi connectivity index (χ3n) is 4.35. The van der Waals surface area contributed by atoms with Gasteiger partial charge in [-0.25, -0.2) is 0 Å². The molecule has 1 aliphatic heterocycles. The fourth-order valence-corrected chi connectivity index (χ4v) is 2.96. The summed E-state index contributed by atoms with van der Waals surface area (Å²) < 4.78 is 43.1. The van der Waals surface area contributed by atoms with Crippen LogP contribution in [0, 0.1) is 6.92 Å². The molecule has 1 aromatic carbocycles. The van der Waals surface area contributed by atoms with Gasteiger partial charge in [-0.05, 0) is 18.1 Å². The molecule has 1 unspecified atom stereocenters. The molecule has 6 nitrogen and oxygen atoms in total. The second kappa shape index (κ2) is 10.8. The molecule has 1 saturated heterocycles. The van der Waals surface area contributed by atoms with Gasteiger partial charge < -0.3 is 19.9 Å². The Labute approximate surface area is 180 Å². The number of hydrogen-bond acceptors (Lipinski definition) is 3. The third kappa shape index (κ3) is 7.12. The summed E-state index contributed by atoms with van der Waals surface area (Å²) in [7, 11) is 2.70. The van der Waals surface area contributed by atoms with Crippen molar-refractivity contribution in [2.45, 2.75) is 19.2 Å². The molecule has 0 aliphatic carbocycles. The maximum Gasteiger partial charge on any atom is 0.406 e. The van der Waals surface area contributed by atoms with Gasteiger partial charge in [0.15, 0.2) is 5.96 Å². The lowest BCUT2D eigenvalue weighted by Gasteiger charge is -2.35. The maximum absolute atomic E-state index is 12.4. The van der Waals surface area contributed by atoms with Crippen molar-refractivity contribution >= 4 is 35.8 Å². The van der Waals surface area contributed by atoms with Crippen molar-refractivity contribution in [3.63, 3.8) is 0 Å². The van der Waals surface area contributed by atoms with E-state index in [1.165, 1.54) is 0 Å². The van der Waals surface area contributed by atoms with E-state index in [1.807, 2.05) is 36.1 Å². The number of carbonyl (C=O) groups is 1. The number of hydrogen-bond donors (Lipinski definition) is 1. The largest absolute Gasteiger partial charge is 0.406 e. The fourth-order valence-electron chi connectivity index (χ4n) is 2.96. The highest BCUT2D eigenvalue weighted by atomic mass is 127. The summed E-state index contributed by atoms with van der Waals surface area (Å²) in [4.78, 5) is 18.7. The number of halogens is 4. The summed E-state index contributed by atoms with van der Waals surface area (Å²) in [5.41, 5.74) is 2.20. The highest BCUT2D eigenvalue weighted by Crippen LogP contribution is 2.25. The van der Waals surface area contributed by atoms with Gasteiger partial charge in [0.1, 0.15) is 12.6 Å². The zero-order valence-electron chi connectivity index (χ0n) is 16.1. The van der Waals surface area contributed by atoms with Crippen molar-refractivity contribution in [3.05, 3.63) is 35.4 Å². The van der Waals surface area contributed by atoms with Crippen LogP contribution in [0.5, 0.6) is 0 Å². The summed E-state index contributed by atoms with van der Waals surface area (Å²) >= 11 is 0. The quantitative estimate of drug-likeness (QED) is 0.382. The molecule has 1 amide bonds. The molecule has 1 atom stereocenters. The number of guanidine groups is 1. The Balaban J connectivity index is 0.00000392. The van der Waals surface area contributed by atoms with Crippen LogP contribution in [0.3, 0.4) is 0 Å². The van der Waals surface area contributed by atoms with Crippen LogP contribution in [0.1, 0.15) is 17.2 Å². The van der Waals surface area contributed by atoms with Gasteiger partial charge in [0, 0.05) is 20.6 Å². The molecule has 1 fully saturated rings. The number of amides is 1. The van der Waals surface area contributed by atoms with Crippen LogP contribution in [0.25, 0.3) is 0 Å². The molecule has 0 radical (unpaired) electrons. The number of aryl methyl sites for hydroxylation is 1. The lowest BCUT2D eigenvalue weighted by Crippen LogP contribution is -2.51. The number of aliphatic imine (C=N–C) groups is 1. The standard InChI is InChI=1S/C18H25F3N4O2.HI/c1-13-6-4-5-7-14(13)15-11-25(8-9-27-15)17(22-2)23-10-16(26)24(3)12-18(19,20)21;/h4-7,15H,8-12H2,1-3H3,(H,22,23);1H. The molecule has 0 spiro atoms. The predicted molar refractivity (Wildman–Crippen MR) is 112 cm³/mol. The highest BCUT2D eigenvalue weighted by molar-refractivity contribution is 14.0. The first-order chi connectivity index (χ1) is 12.7. The van der Waals surface area contributed by atoms with Crippen LogP contribution in [0.2, 0.25) is 0 Å². The Morgan fingerprint density at radius 3 is 2.68 bits per heavy atom. The minimum Gasteiger partial charge on any atom is -0.370 e. The average molecular weight is 514 g/mol. The fraction of sp³-hybridized carbons (Fsp3) is 0.556. The number of ether oxygens (including phenoxy) is 1. The molecule has 10 heteroatoms. The van der Waals surface area contributed by atoms with E-state index >= 15 is 0 Å². The summed E-state index contributed by atoms with van der Waals surface area (Å²) in [6.07, 6.45) is -4.56. The molecule has 2 rings (SSSR count). The second-order valence-corrected chi connectivity index (χ2v) is 6.43. The first-order valence-corrected chi connectivity index (χ1v) is 8.64. The van der Waals surface area contributed by atoms with Gasteiger partial charge in [-0.3, -0.25) is 9.79 Å². The number of nitrogens with one attached hydrogen (secondary N) is 1. The van der Waals surface area contributed by atoms with Crippen LogP contribution in [-0.4, -0.2) is 74.7 Å². The van der Waals surface area contributed by atoms with Crippen molar-refractivity contribution in [2.24, 2.45) is 4.99 Å². The van der Waals surface area contributed by atoms with E-state index in [4.69, 9.17) is 4.74 Å². The molecule has 1 heterocycles. The molecule has 0 aromatic heterocycles. The highest BCUT2D eigenvalue weighted by Gasteiger charge is 2.31. The van der Waals surface area contributed by atoms with Crippen LogP contribution in [0.4, 0.5) is 13.2 Å². The number of likely N-dealkylation sites (N-methyl/N-ethyl adjacent to an activating group) is 1. The van der Waals surface area contributed by atoms with Crippen LogP contribution >= 0.6 is 24.0 Å². The van der Waals surface area contributed by atoms with Crippen LogP contribution in [-0.2, 0) is 9.53 Å². The molecule has 1 N–H and O–H groups in total. The predicted octanol–water partition coefficient (Wildman–Crippen LogP) is 2.58. The number of alkyl halides is 3. The summed E-state index contributed by atoms with van der Waals surface area (Å²) in [6.45, 7) is 2.08. The van der Waals surface area contributed by atoms with Crippen molar-refractivity contribution in [1.29, 1.82) is 0 Å².